The Bertz CT molecular complexity index is 522. The summed E-state index contributed by atoms with van der Waals surface area (Å²) in [6, 6.07) is 8.07. The number of benzene rings is 1. The molecule has 120 valence electrons. The lowest BCUT2D eigenvalue weighted by Gasteiger charge is -2.44. The molecular formula is C17H24ClN3O. The van der Waals surface area contributed by atoms with E-state index in [4.69, 9.17) is 11.6 Å². The van der Waals surface area contributed by atoms with E-state index in [1.807, 2.05) is 18.2 Å². The van der Waals surface area contributed by atoms with E-state index in [0.29, 0.717) is 23.2 Å². The predicted molar refractivity (Wildman–Crippen MR) is 90.4 cm³/mol. The van der Waals surface area contributed by atoms with Gasteiger partial charge in [-0.1, -0.05) is 30.2 Å². The highest BCUT2D eigenvalue weighted by Crippen LogP contribution is 2.22. The van der Waals surface area contributed by atoms with Gasteiger partial charge in [0.15, 0.2) is 0 Å². The van der Waals surface area contributed by atoms with Gasteiger partial charge in [-0.15, -0.1) is 0 Å². The summed E-state index contributed by atoms with van der Waals surface area (Å²) >= 11 is 6.06. The summed E-state index contributed by atoms with van der Waals surface area (Å²) in [6.45, 7) is 5.43. The Morgan fingerprint density at radius 3 is 2.95 bits per heavy atom. The van der Waals surface area contributed by atoms with E-state index in [1.54, 1.807) is 6.07 Å². The van der Waals surface area contributed by atoms with E-state index in [1.165, 1.54) is 25.8 Å². The first kappa shape index (κ1) is 15.8. The van der Waals surface area contributed by atoms with Gasteiger partial charge in [0.2, 0.25) is 5.91 Å². The number of carbonyl (C=O) groups is 1. The molecule has 1 amide bonds. The maximum atomic E-state index is 12.1. The van der Waals surface area contributed by atoms with Crippen LogP contribution in [0.4, 0.5) is 5.69 Å². The van der Waals surface area contributed by atoms with E-state index in [9.17, 15) is 4.79 Å². The van der Waals surface area contributed by atoms with Crippen molar-refractivity contribution >= 4 is 23.2 Å². The fourth-order valence-corrected chi connectivity index (χ4v) is 3.64. The summed E-state index contributed by atoms with van der Waals surface area (Å²) < 4.78 is 0. The Morgan fingerprint density at radius 1 is 1.23 bits per heavy atom. The summed E-state index contributed by atoms with van der Waals surface area (Å²) in [7, 11) is 0. The van der Waals surface area contributed by atoms with Gasteiger partial charge in [0.1, 0.15) is 0 Å². The first-order chi connectivity index (χ1) is 10.7. The summed E-state index contributed by atoms with van der Waals surface area (Å²) in [4.78, 5) is 17.1. The van der Waals surface area contributed by atoms with Crippen molar-refractivity contribution in [2.75, 3.05) is 38.0 Å². The minimum absolute atomic E-state index is 0.0409. The van der Waals surface area contributed by atoms with E-state index >= 15 is 0 Å². The van der Waals surface area contributed by atoms with Crippen molar-refractivity contribution in [1.29, 1.82) is 0 Å². The highest BCUT2D eigenvalue weighted by molar-refractivity contribution is 6.33. The van der Waals surface area contributed by atoms with Crippen LogP contribution in [-0.4, -0.2) is 54.5 Å². The minimum atomic E-state index is 0.0409. The molecule has 0 spiro atoms. The zero-order valence-corrected chi connectivity index (χ0v) is 13.7. The van der Waals surface area contributed by atoms with E-state index in [2.05, 4.69) is 15.1 Å². The first-order valence-corrected chi connectivity index (χ1v) is 8.61. The summed E-state index contributed by atoms with van der Waals surface area (Å²) in [5.41, 5.74) is 0.700. The molecular weight excluding hydrogens is 298 g/mol. The molecule has 22 heavy (non-hydrogen) atoms. The van der Waals surface area contributed by atoms with Crippen LogP contribution in [-0.2, 0) is 4.79 Å². The van der Waals surface area contributed by atoms with Crippen LogP contribution in [0.15, 0.2) is 24.3 Å². The van der Waals surface area contributed by atoms with Crippen molar-refractivity contribution in [3.05, 3.63) is 29.3 Å². The molecule has 1 atom stereocenters. The van der Waals surface area contributed by atoms with Crippen molar-refractivity contribution in [3.8, 4) is 0 Å². The third-order valence-corrected chi connectivity index (χ3v) is 5.05. The van der Waals surface area contributed by atoms with Gasteiger partial charge >= 0.3 is 0 Å². The van der Waals surface area contributed by atoms with Crippen LogP contribution in [0.5, 0.6) is 0 Å². The van der Waals surface area contributed by atoms with Crippen molar-refractivity contribution in [1.82, 2.24) is 9.80 Å². The molecule has 1 aromatic carbocycles. The third-order valence-electron chi connectivity index (χ3n) is 4.72. The van der Waals surface area contributed by atoms with Gasteiger partial charge in [0, 0.05) is 38.6 Å². The van der Waals surface area contributed by atoms with Crippen molar-refractivity contribution in [2.24, 2.45) is 0 Å². The van der Waals surface area contributed by atoms with Crippen LogP contribution in [0.25, 0.3) is 0 Å². The number of fused-ring (bicyclic) bond motifs is 1. The zero-order chi connectivity index (χ0) is 15.4. The summed E-state index contributed by atoms with van der Waals surface area (Å²) in [5, 5.41) is 3.49. The number of hydrogen-bond acceptors (Lipinski definition) is 3. The molecule has 5 heteroatoms. The van der Waals surface area contributed by atoms with Crippen LogP contribution >= 0.6 is 11.6 Å². The predicted octanol–water partition coefficient (Wildman–Crippen LogP) is 2.84. The molecule has 2 aliphatic rings. The molecule has 0 radical (unpaired) electrons. The lowest BCUT2D eigenvalue weighted by atomic mass is 9.99. The van der Waals surface area contributed by atoms with Crippen molar-refractivity contribution in [2.45, 2.75) is 31.7 Å². The van der Waals surface area contributed by atoms with Gasteiger partial charge < -0.3 is 5.32 Å². The lowest BCUT2D eigenvalue weighted by Crippen LogP contribution is -2.55. The molecule has 1 aromatic rings. The highest BCUT2D eigenvalue weighted by Gasteiger charge is 2.28. The molecule has 2 saturated heterocycles. The molecule has 2 heterocycles. The number of anilines is 1. The number of piperidine rings is 1. The number of halogens is 1. The number of carbonyl (C=O) groups excluding carboxylic acids is 1. The van der Waals surface area contributed by atoms with Crippen LogP contribution in [0.1, 0.15) is 25.7 Å². The van der Waals surface area contributed by atoms with Gasteiger partial charge in [-0.2, -0.15) is 0 Å². The minimum Gasteiger partial charge on any atom is -0.325 e. The van der Waals surface area contributed by atoms with Crippen LogP contribution in [0, 0.1) is 0 Å². The monoisotopic (exact) mass is 321 g/mol. The van der Waals surface area contributed by atoms with Gasteiger partial charge in [-0.05, 0) is 31.5 Å². The molecule has 2 aliphatic heterocycles. The van der Waals surface area contributed by atoms with E-state index in [-0.39, 0.29) is 5.91 Å². The molecule has 0 unspecified atom stereocenters. The number of nitrogens with one attached hydrogen (secondary N) is 1. The van der Waals surface area contributed by atoms with Gasteiger partial charge in [-0.25, -0.2) is 0 Å². The maximum Gasteiger partial charge on any atom is 0.225 e. The summed E-state index contributed by atoms with van der Waals surface area (Å²) in [6.07, 6.45) is 4.53. The average Bonchev–Trinajstić information content (AvgIpc) is 2.55. The molecule has 1 N–H and O–H groups in total. The number of nitrogens with zero attached hydrogens (tertiary/aromatic N) is 2. The molecule has 0 saturated carbocycles. The Kier molecular flexibility index (Phi) is 5.34. The molecule has 0 bridgehead atoms. The van der Waals surface area contributed by atoms with Gasteiger partial charge in [-0.3, -0.25) is 14.6 Å². The van der Waals surface area contributed by atoms with Gasteiger partial charge in [0.05, 0.1) is 10.7 Å². The third kappa shape index (κ3) is 4.00. The SMILES string of the molecule is O=C(CCN1CCN2CCCC[C@H]2C1)Nc1ccccc1Cl. The first-order valence-electron chi connectivity index (χ1n) is 8.23. The summed E-state index contributed by atoms with van der Waals surface area (Å²) in [5.74, 6) is 0.0409. The Balaban J connectivity index is 1.44. The number of piperazine rings is 1. The Hall–Kier alpha value is -1.10. The van der Waals surface area contributed by atoms with E-state index in [0.717, 1.165) is 26.2 Å². The van der Waals surface area contributed by atoms with Crippen LogP contribution < -0.4 is 5.32 Å². The Labute approximate surface area is 137 Å². The lowest BCUT2D eigenvalue weighted by molar-refractivity contribution is -0.116. The largest absolute Gasteiger partial charge is 0.325 e. The standard InChI is InChI=1S/C17H24ClN3O/c18-15-6-1-2-7-16(15)19-17(22)8-10-20-11-12-21-9-4-3-5-14(21)13-20/h1-2,6-7,14H,3-5,8-13H2,(H,19,22)/t14-/m0/s1. The average molecular weight is 322 g/mol. The molecule has 0 aromatic heterocycles. The van der Waals surface area contributed by atoms with Crippen LogP contribution in [0.2, 0.25) is 5.02 Å². The second-order valence-corrected chi connectivity index (χ2v) is 6.67. The normalized spacial score (nSPS) is 23.0. The molecule has 2 fully saturated rings. The number of para-hydroxylation sites is 1. The van der Waals surface area contributed by atoms with E-state index < -0.39 is 0 Å². The second kappa shape index (κ2) is 7.44. The number of rotatable bonds is 4. The molecule has 4 nitrogen and oxygen atoms in total. The number of amides is 1. The smallest absolute Gasteiger partial charge is 0.225 e. The fourth-order valence-electron chi connectivity index (χ4n) is 3.46. The zero-order valence-electron chi connectivity index (χ0n) is 12.9. The van der Waals surface area contributed by atoms with Gasteiger partial charge in [0.25, 0.3) is 0 Å². The second-order valence-electron chi connectivity index (χ2n) is 6.26. The maximum absolute atomic E-state index is 12.1. The number of hydrogen-bond donors (Lipinski definition) is 1. The van der Waals surface area contributed by atoms with Crippen molar-refractivity contribution in [3.63, 3.8) is 0 Å². The van der Waals surface area contributed by atoms with Crippen molar-refractivity contribution < 1.29 is 4.79 Å². The fraction of sp³-hybridized carbons (Fsp3) is 0.588. The topological polar surface area (TPSA) is 35.6 Å². The highest BCUT2D eigenvalue weighted by atomic mass is 35.5. The molecule has 0 aliphatic carbocycles. The molecule has 3 rings (SSSR count). The quantitative estimate of drug-likeness (QED) is 0.926. The van der Waals surface area contributed by atoms with Crippen LogP contribution in [0.3, 0.4) is 0 Å². The Morgan fingerprint density at radius 2 is 2.09 bits per heavy atom.